The van der Waals surface area contributed by atoms with Crippen molar-refractivity contribution in [3.05, 3.63) is 58.3 Å². The fraction of sp³-hybridized carbons (Fsp3) is 0.231. The molecule has 5 heteroatoms. The molecule has 1 aromatic carbocycles. The number of aryl methyl sites for hydroxylation is 1. The van der Waals surface area contributed by atoms with Crippen molar-refractivity contribution in [1.82, 2.24) is 5.43 Å². The maximum atomic E-state index is 13.4. The zero-order valence-electron chi connectivity index (χ0n) is 9.91. The lowest BCUT2D eigenvalue weighted by molar-refractivity contribution is 0.501. The van der Waals surface area contributed by atoms with E-state index in [4.69, 9.17) is 21.9 Å². The Balaban J connectivity index is 2.20. The smallest absolute Gasteiger partial charge is 0.142 e. The first-order valence-electron chi connectivity index (χ1n) is 5.56. The highest BCUT2D eigenvalue weighted by Gasteiger charge is 2.15. The standard InChI is InChI=1S/C13H14ClFN2O/c1-8-10(4-5-18-8)13(17-16)7-9-2-3-11(14)12(15)6-9/h2-6,13,17H,7,16H2,1H3. The van der Waals surface area contributed by atoms with Crippen LogP contribution in [-0.2, 0) is 6.42 Å². The normalized spacial score (nSPS) is 12.7. The molecule has 1 atom stereocenters. The number of furan rings is 1. The van der Waals surface area contributed by atoms with Gasteiger partial charge in [-0.05, 0) is 37.1 Å². The maximum absolute atomic E-state index is 13.4. The Bertz CT molecular complexity index is 542. The van der Waals surface area contributed by atoms with Gasteiger partial charge in [-0.25, -0.2) is 4.39 Å². The second kappa shape index (κ2) is 5.52. The number of hydrogen-bond donors (Lipinski definition) is 2. The van der Waals surface area contributed by atoms with E-state index in [-0.39, 0.29) is 11.1 Å². The van der Waals surface area contributed by atoms with E-state index in [1.807, 2.05) is 13.0 Å². The Morgan fingerprint density at radius 3 is 2.78 bits per heavy atom. The van der Waals surface area contributed by atoms with E-state index in [0.717, 1.165) is 16.9 Å². The topological polar surface area (TPSA) is 51.2 Å². The average Bonchev–Trinajstić information content (AvgIpc) is 2.77. The molecule has 2 aromatic rings. The molecule has 0 amide bonds. The molecule has 0 aliphatic heterocycles. The highest BCUT2D eigenvalue weighted by molar-refractivity contribution is 6.30. The number of hydrogen-bond acceptors (Lipinski definition) is 3. The summed E-state index contributed by atoms with van der Waals surface area (Å²) < 4.78 is 18.6. The van der Waals surface area contributed by atoms with E-state index < -0.39 is 5.82 Å². The summed E-state index contributed by atoms with van der Waals surface area (Å²) in [7, 11) is 0. The van der Waals surface area contributed by atoms with E-state index in [1.54, 1.807) is 18.4 Å². The van der Waals surface area contributed by atoms with Crippen molar-refractivity contribution in [2.45, 2.75) is 19.4 Å². The highest BCUT2D eigenvalue weighted by atomic mass is 35.5. The molecule has 0 fully saturated rings. The molecule has 0 saturated carbocycles. The third-order valence-electron chi connectivity index (χ3n) is 2.90. The molecule has 96 valence electrons. The summed E-state index contributed by atoms with van der Waals surface area (Å²) in [6.45, 7) is 1.86. The Morgan fingerprint density at radius 1 is 1.44 bits per heavy atom. The van der Waals surface area contributed by atoms with Gasteiger partial charge in [0.05, 0.1) is 17.3 Å². The van der Waals surface area contributed by atoms with Gasteiger partial charge in [0.2, 0.25) is 0 Å². The minimum atomic E-state index is -0.422. The SMILES string of the molecule is Cc1occc1C(Cc1ccc(Cl)c(F)c1)NN. The van der Waals surface area contributed by atoms with Crippen LogP contribution in [0, 0.1) is 12.7 Å². The van der Waals surface area contributed by atoms with Crippen LogP contribution in [0.3, 0.4) is 0 Å². The molecule has 2 rings (SSSR count). The van der Waals surface area contributed by atoms with Crippen LogP contribution in [-0.4, -0.2) is 0 Å². The predicted octanol–water partition coefficient (Wildman–Crippen LogP) is 3.13. The second-order valence-corrected chi connectivity index (χ2v) is 4.51. The Hall–Kier alpha value is -1.36. The Morgan fingerprint density at radius 2 is 2.22 bits per heavy atom. The molecule has 1 heterocycles. The van der Waals surface area contributed by atoms with Crippen molar-refractivity contribution in [1.29, 1.82) is 0 Å². The van der Waals surface area contributed by atoms with Crippen LogP contribution in [0.1, 0.15) is 22.9 Å². The van der Waals surface area contributed by atoms with Crippen molar-refractivity contribution in [2.75, 3.05) is 0 Å². The van der Waals surface area contributed by atoms with Crippen molar-refractivity contribution in [3.63, 3.8) is 0 Å². The first kappa shape index (κ1) is 13.1. The van der Waals surface area contributed by atoms with Gasteiger partial charge < -0.3 is 4.42 Å². The van der Waals surface area contributed by atoms with E-state index in [1.165, 1.54) is 6.07 Å². The van der Waals surface area contributed by atoms with Gasteiger partial charge in [-0.3, -0.25) is 11.3 Å². The molecular weight excluding hydrogens is 255 g/mol. The molecule has 0 spiro atoms. The summed E-state index contributed by atoms with van der Waals surface area (Å²) in [6.07, 6.45) is 2.17. The number of halogens is 2. The van der Waals surface area contributed by atoms with E-state index >= 15 is 0 Å². The molecule has 0 radical (unpaired) electrons. The number of hydrazine groups is 1. The number of rotatable bonds is 4. The summed E-state index contributed by atoms with van der Waals surface area (Å²) in [5, 5.41) is 0.121. The molecule has 1 aromatic heterocycles. The number of nitrogens with one attached hydrogen (secondary N) is 1. The van der Waals surface area contributed by atoms with Gasteiger partial charge in [0.25, 0.3) is 0 Å². The highest BCUT2D eigenvalue weighted by Crippen LogP contribution is 2.23. The fourth-order valence-electron chi connectivity index (χ4n) is 1.92. The summed E-state index contributed by atoms with van der Waals surface area (Å²) >= 11 is 5.65. The zero-order chi connectivity index (χ0) is 13.1. The molecule has 0 bridgehead atoms. The van der Waals surface area contributed by atoms with Gasteiger partial charge in [-0.2, -0.15) is 0 Å². The van der Waals surface area contributed by atoms with Gasteiger partial charge in [-0.15, -0.1) is 0 Å². The monoisotopic (exact) mass is 268 g/mol. The van der Waals surface area contributed by atoms with Gasteiger partial charge in [0.1, 0.15) is 11.6 Å². The minimum absolute atomic E-state index is 0.121. The van der Waals surface area contributed by atoms with Crippen LogP contribution in [0.25, 0.3) is 0 Å². The predicted molar refractivity (Wildman–Crippen MR) is 68.6 cm³/mol. The molecular formula is C13H14ClFN2O. The molecule has 0 saturated heterocycles. The maximum Gasteiger partial charge on any atom is 0.142 e. The van der Waals surface area contributed by atoms with Crippen molar-refractivity contribution in [2.24, 2.45) is 5.84 Å². The van der Waals surface area contributed by atoms with Crippen molar-refractivity contribution in [3.8, 4) is 0 Å². The van der Waals surface area contributed by atoms with Crippen LogP contribution in [0.15, 0.2) is 34.9 Å². The first-order valence-corrected chi connectivity index (χ1v) is 5.93. The largest absolute Gasteiger partial charge is 0.469 e. The van der Waals surface area contributed by atoms with E-state index in [2.05, 4.69) is 5.43 Å². The van der Waals surface area contributed by atoms with Crippen LogP contribution >= 0.6 is 11.6 Å². The summed E-state index contributed by atoms with van der Waals surface area (Å²) in [5.41, 5.74) is 4.50. The van der Waals surface area contributed by atoms with Crippen molar-refractivity contribution >= 4 is 11.6 Å². The van der Waals surface area contributed by atoms with Gasteiger partial charge in [-0.1, -0.05) is 17.7 Å². The van der Waals surface area contributed by atoms with E-state index in [9.17, 15) is 4.39 Å². The first-order chi connectivity index (χ1) is 8.61. The second-order valence-electron chi connectivity index (χ2n) is 4.10. The van der Waals surface area contributed by atoms with Gasteiger partial charge in [0.15, 0.2) is 0 Å². The van der Waals surface area contributed by atoms with Crippen LogP contribution in [0.2, 0.25) is 5.02 Å². The third-order valence-corrected chi connectivity index (χ3v) is 3.21. The van der Waals surface area contributed by atoms with Crippen LogP contribution < -0.4 is 11.3 Å². The van der Waals surface area contributed by atoms with Gasteiger partial charge >= 0.3 is 0 Å². The van der Waals surface area contributed by atoms with Crippen molar-refractivity contribution < 1.29 is 8.81 Å². The Labute approximate surface area is 110 Å². The van der Waals surface area contributed by atoms with Crippen LogP contribution in [0.5, 0.6) is 0 Å². The number of nitrogens with two attached hydrogens (primary N) is 1. The molecule has 0 aliphatic rings. The molecule has 1 unspecified atom stereocenters. The van der Waals surface area contributed by atoms with E-state index in [0.29, 0.717) is 6.42 Å². The average molecular weight is 269 g/mol. The summed E-state index contributed by atoms with van der Waals surface area (Å²) in [4.78, 5) is 0. The lowest BCUT2D eigenvalue weighted by Crippen LogP contribution is -2.29. The number of benzene rings is 1. The molecule has 3 nitrogen and oxygen atoms in total. The zero-order valence-corrected chi connectivity index (χ0v) is 10.7. The molecule has 3 N–H and O–H groups in total. The lowest BCUT2D eigenvalue weighted by Gasteiger charge is -2.15. The fourth-order valence-corrected chi connectivity index (χ4v) is 2.03. The quantitative estimate of drug-likeness (QED) is 0.662. The van der Waals surface area contributed by atoms with Crippen LogP contribution in [0.4, 0.5) is 4.39 Å². The molecule has 0 aliphatic carbocycles. The summed E-state index contributed by atoms with van der Waals surface area (Å²) in [5.74, 6) is 5.91. The molecule has 18 heavy (non-hydrogen) atoms. The minimum Gasteiger partial charge on any atom is -0.469 e. The summed E-state index contributed by atoms with van der Waals surface area (Å²) in [6, 6.07) is 6.48. The van der Waals surface area contributed by atoms with Gasteiger partial charge in [0, 0.05) is 5.56 Å². The lowest BCUT2D eigenvalue weighted by atomic mass is 10.00. The third kappa shape index (κ3) is 2.72. The Kier molecular flexibility index (Phi) is 4.01.